The minimum Gasteiger partial charge on any atom is -0.463 e. The molecular weight excluding hydrogens is 576 g/mol. The normalized spacial score (nSPS) is 19.6. The number of ether oxygens (including phenoxy) is 3. The third kappa shape index (κ3) is 6.35. The van der Waals surface area contributed by atoms with E-state index in [9.17, 15) is 19.2 Å². The molecule has 0 spiro atoms. The van der Waals surface area contributed by atoms with Crippen LogP contribution in [0.5, 0.6) is 5.75 Å². The standard InChI is InChI=1S/C35H32N2O8/c1-21(38)43-22-13-7-5-3-2-4-6-8-17-27(39)37-31-32(40)23-18-19-26-29(33(41)35(45-26)42-20-12-11-14-22)28(23)30-34(31)44-25-16-10-9-15-24(25)36-30/h4,6,8-10,12,15-20,22,35H,2-3,5,7,11,13-14H2,1H3,(H,37,39). The monoisotopic (exact) mass is 608 g/mol. The van der Waals surface area contributed by atoms with E-state index in [-0.39, 0.29) is 51.3 Å². The number of ketones is 1. The van der Waals surface area contributed by atoms with Gasteiger partial charge < -0.3 is 23.9 Å². The average Bonchev–Trinajstić information content (AvgIpc) is 3.35. The number of hydrogen-bond donors (Lipinski definition) is 1. The SMILES string of the molecule is CC(=O)OC1CCC=COC2Oc3ccc4c(=O)c(c5oc6ccccc6nc-5c4c3C2=O)NC(=O)C=CC=CCCCCC1. The number of benzene rings is 3. The zero-order chi connectivity index (χ0) is 31.3. The molecule has 2 aromatic rings. The summed E-state index contributed by atoms with van der Waals surface area (Å²) >= 11 is 0. The molecule has 2 unspecified atom stereocenters. The highest BCUT2D eigenvalue weighted by Gasteiger charge is 2.38. The summed E-state index contributed by atoms with van der Waals surface area (Å²) in [6.45, 7) is 1.40. The summed E-state index contributed by atoms with van der Waals surface area (Å²) in [4.78, 5) is 56.9. The molecule has 1 amide bonds. The molecule has 6 rings (SSSR count). The van der Waals surface area contributed by atoms with Gasteiger partial charge in [0, 0.05) is 23.8 Å². The largest absolute Gasteiger partial charge is 0.463 e. The van der Waals surface area contributed by atoms with Gasteiger partial charge in [-0.25, -0.2) is 4.98 Å². The average molecular weight is 609 g/mol. The molecule has 1 aliphatic carbocycles. The highest BCUT2D eigenvalue weighted by atomic mass is 16.7. The molecule has 4 bridgehead atoms. The van der Waals surface area contributed by atoms with E-state index in [0.29, 0.717) is 23.9 Å². The smallest absolute Gasteiger partial charge is 0.304 e. The lowest BCUT2D eigenvalue weighted by Crippen LogP contribution is -2.22. The number of anilines is 1. The van der Waals surface area contributed by atoms with Crippen molar-refractivity contribution in [3.8, 4) is 17.2 Å². The van der Waals surface area contributed by atoms with Crippen LogP contribution < -0.4 is 15.5 Å². The number of allylic oxidation sites excluding steroid dienone is 4. The van der Waals surface area contributed by atoms with E-state index in [0.717, 1.165) is 32.1 Å². The Balaban J connectivity index is 1.42. The second kappa shape index (κ2) is 13.2. The van der Waals surface area contributed by atoms with Gasteiger partial charge in [0.1, 0.15) is 28.8 Å². The third-order valence-electron chi connectivity index (χ3n) is 7.75. The lowest BCUT2D eigenvalue weighted by Gasteiger charge is -2.16. The molecule has 0 saturated carbocycles. The van der Waals surface area contributed by atoms with Crippen LogP contribution in [-0.4, -0.2) is 35.0 Å². The molecule has 230 valence electrons. The van der Waals surface area contributed by atoms with Crippen LogP contribution in [0.15, 0.2) is 82.3 Å². The maximum absolute atomic E-state index is 13.9. The molecule has 0 saturated heterocycles. The van der Waals surface area contributed by atoms with E-state index < -0.39 is 23.4 Å². The summed E-state index contributed by atoms with van der Waals surface area (Å²) in [6, 6.07) is 10.1. The number of amides is 1. The molecule has 45 heavy (non-hydrogen) atoms. The number of nitrogens with zero attached hydrogens (tertiary/aromatic N) is 1. The minimum atomic E-state index is -1.27. The molecule has 3 aliphatic heterocycles. The first kappa shape index (κ1) is 29.8. The first-order chi connectivity index (χ1) is 21.9. The van der Waals surface area contributed by atoms with Gasteiger partial charge in [0.15, 0.2) is 11.3 Å². The highest BCUT2D eigenvalue weighted by Crippen LogP contribution is 2.42. The van der Waals surface area contributed by atoms with Crippen molar-refractivity contribution in [3.05, 3.63) is 88.8 Å². The molecule has 2 aromatic carbocycles. The molecule has 2 atom stereocenters. The summed E-state index contributed by atoms with van der Waals surface area (Å²) < 4.78 is 23.2. The van der Waals surface area contributed by atoms with Crippen molar-refractivity contribution in [2.75, 3.05) is 5.32 Å². The number of para-hydroxylation sites is 2. The quantitative estimate of drug-likeness (QED) is 0.144. The van der Waals surface area contributed by atoms with Gasteiger partial charge in [-0.2, -0.15) is 0 Å². The Bertz CT molecular complexity index is 1900. The number of carbonyl (C=O) groups excluding carboxylic acids is 3. The van der Waals surface area contributed by atoms with Crippen molar-refractivity contribution in [2.45, 2.75) is 64.3 Å². The Hall–Kier alpha value is -5.25. The van der Waals surface area contributed by atoms with E-state index in [1.54, 1.807) is 48.6 Å². The predicted molar refractivity (Wildman–Crippen MR) is 168 cm³/mol. The zero-order valence-electron chi connectivity index (χ0n) is 24.7. The summed E-state index contributed by atoms with van der Waals surface area (Å²) in [6.07, 6.45) is 14.0. The zero-order valence-corrected chi connectivity index (χ0v) is 24.7. The van der Waals surface area contributed by atoms with Crippen molar-refractivity contribution in [2.24, 2.45) is 0 Å². The van der Waals surface area contributed by atoms with E-state index in [1.165, 1.54) is 25.3 Å². The Morgan fingerprint density at radius 1 is 0.978 bits per heavy atom. The fourth-order valence-corrected chi connectivity index (χ4v) is 5.66. The Labute approximate surface area is 258 Å². The lowest BCUT2D eigenvalue weighted by atomic mass is 9.95. The van der Waals surface area contributed by atoms with E-state index in [4.69, 9.17) is 23.6 Å². The molecule has 0 aromatic heterocycles. The van der Waals surface area contributed by atoms with Crippen molar-refractivity contribution in [1.29, 1.82) is 0 Å². The molecule has 0 fully saturated rings. The molecular formula is C35H32N2O8. The van der Waals surface area contributed by atoms with Gasteiger partial charge >= 0.3 is 12.3 Å². The van der Waals surface area contributed by atoms with Gasteiger partial charge in [-0.15, -0.1) is 0 Å². The van der Waals surface area contributed by atoms with Crippen molar-refractivity contribution in [1.82, 2.24) is 4.98 Å². The van der Waals surface area contributed by atoms with Gasteiger partial charge in [-0.05, 0) is 68.9 Å². The van der Waals surface area contributed by atoms with Crippen LogP contribution in [0.1, 0.15) is 62.2 Å². The van der Waals surface area contributed by atoms with Gasteiger partial charge in [0.25, 0.3) is 0 Å². The number of hydrogen-bond acceptors (Lipinski definition) is 9. The van der Waals surface area contributed by atoms with Gasteiger partial charge in [0.2, 0.25) is 17.1 Å². The van der Waals surface area contributed by atoms with Crippen LogP contribution in [0.25, 0.3) is 33.3 Å². The summed E-state index contributed by atoms with van der Waals surface area (Å²) in [7, 11) is 0. The van der Waals surface area contributed by atoms with E-state index >= 15 is 0 Å². The fourth-order valence-electron chi connectivity index (χ4n) is 5.66. The van der Waals surface area contributed by atoms with Gasteiger partial charge in [-0.1, -0.05) is 36.8 Å². The third-order valence-corrected chi connectivity index (χ3v) is 7.75. The first-order valence-electron chi connectivity index (χ1n) is 15.1. The second-order valence-corrected chi connectivity index (χ2v) is 11.0. The number of esters is 1. The predicted octanol–water partition coefficient (Wildman–Crippen LogP) is 6.60. The number of carbonyl (C=O) groups is 3. The van der Waals surface area contributed by atoms with Crippen LogP contribution in [0.2, 0.25) is 0 Å². The van der Waals surface area contributed by atoms with Crippen molar-refractivity contribution in [3.63, 3.8) is 0 Å². The van der Waals surface area contributed by atoms with E-state index in [1.807, 2.05) is 6.08 Å². The van der Waals surface area contributed by atoms with Crippen LogP contribution in [0.4, 0.5) is 5.69 Å². The highest BCUT2D eigenvalue weighted by molar-refractivity contribution is 6.19. The molecule has 10 nitrogen and oxygen atoms in total. The summed E-state index contributed by atoms with van der Waals surface area (Å²) in [5.74, 6) is -1.03. The van der Waals surface area contributed by atoms with Crippen LogP contribution in [-0.2, 0) is 19.1 Å². The molecule has 4 aliphatic rings. The number of fused-ring (bicyclic) bond motifs is 2. The van der Waals surface area contributed by atoms with Crippen LogP contribution in [0, 0.1) is 0 Å². The maximum atomic E-state index is 13.9. The summed E-state index contributed by atoms with van der Waals surface area (Å²) in [5, 5.41) is 3.12. The second-order valence-electron chi connectivity index (χ2n) is 11.0. The Kier molecular flexibility index (Phi) is 8.72. The Morgan fingerprint density at radius 2 is 1.84 bits per heavy atom. The van der Waals surface area contributed by atoms with Gasteiger partial charge in [-0.3, -0.25) is 19.2 Å². The van der Waals surface area contributed by atoms with Gasteiger partial charge in [0.05, 0.1) is 11.8 Å². The van der Waals surface area contributed by atoms with Crippen molar-refractivity contribution >= 4 is 45.2 Å². The fraction of sp³-hybridized carbons (Fsp3) is 0.286. The lowest BCUT2D eigenvalue weighted by molar-refractivity contribution is -0.147. The number of nitrogens with one attached hydrogen (secondary N) is 1. The van der Waals surface area contributed by atoms with Crippen LogP contribution >= 0.6 is 0 Å². The van der Waals surface area contributed by atoms with E-state index in [2.05, 4.69) is 5.32 Å². The maximum Gasteiger partial charge on any atom is 0.304 e. The Morgan fingerprint density at radius 3 is 2.71 bits per heavy atom. The topological polar surface area (TPSA) is 134 Å². The summed E-state index contributed by atoms with van der Waals surface area (Å²) in [5.41, 5.74) is 0.706. The first-order valence-corrected chi connectivity index (χ1v) is 15.1. The van der Waals surface area contributed by atoms with Crippen LogP contribution in [0.3, 0.4) is 0 Å². The molecule has 3 heterocycles. The molecule has 10 heteroatoms. The molecule has 0 radical (unpaired) electrons. The number of rotatable bonds is 1. The van der Waals surface area contributed by atoms with Crippen molar-refractivity contribution < 1.29 is 33.0 Å². The minimum absolute atomic E-state index is 0.0470. The number of aromatic nitrogens is 1. The molecule has 1 N–H and O–H groups in total. The number of Topliss-reactive ketones (excluding diaryl/α,β-unsaturated/α-hetero) is 1.